The van der Waals surface area contributed by atoms with E-state index >= 15 is 0 Å². The first-order valence-corrected chi connectivity index (χ1v) is 7.23. The summed E-state index contributed by atoms with van der Waals surface area (Å²) in [6, 6.07) is 3.69. The normalized spacial score (nSPS) is 12.4. The van der Waals surface area contributed by atoms with Gasteiger partial charge in [0.05, 0.1) is 11.7 Å². The molecule has 1 atom stereocenters. The maximum absolute atomic E-state index is 12.1. The van der Waals surface area contributed by atoms with E-state index in [4.69, 9.17) is 4.42 Å². The molecule has 0 spiro atoms. The Morgan fingerprint density at radius 2 is 2.10 bits per heavy atom. The third-order valence-corrected chi connectivity index (χ3v) is 3.83. The summed E-state index contributed by atoms with van der Waals surface area (Å²) < 4.78 is 7.38. The Balaban J connectivity index is 1.90. The summed E-state index contributed by atoms with van der Waals surface area (Å²) in [5.74, 6) is 1.67. The highest BCUT2D eigenvalue weighted by Crippen LogP contribution is 2.17. The minimum absolute atomic E-state index is 0.0270. The standard InChI is InChI=1S/C16H23N3O2/c1-10-6-8-15(21-10)12(3)17-16(20)9-7-14-11(2)18-19(5)13(14)4/h6,8,12H,7,9H2,1-5H3,(H,17,20). The lowest BCUT2D eigenvalue weighted by atomic mass is 10.1. The Morgan fingerprint density at radius 3 is 2.62 bits per heavy atom. The van der Waals surface area contributed by atoms with Crippen molar-refractivity contribution in [1.82, 2.24) is 15.1 Å². The van der Waals surface area contributed by atoms with Crippen molar-refractivity contribution in [2.45, 2.75) is 46.6 Å². The van der Waals surface area contributed by atoms with Crippen LogP contribution in [-0.2, 0) is 18.3 Å². The molecule has 0 radical (unpaired) electrons. The highest BCUT2D eigenvalue weighted by molar-refractivity contribution is 5.76. The average molecular weight is 289 g/mol. The number of nitrogens with zero attached hydrogens (tertiary/aromatic N) is 2. The van der Waals surface area contributed by atoms with Gasteiger partial charge < -0.3 is 9.73 Å². The largest absolute Gasteiger partial charge is 0.464 e. The van der Waals surface area contributed by atoms with E-state index in [2.05, 4.69) is 10.4 Å². The second-order valence-corrected chi connectivity index (χ2v) is 5.51. The topological polar surface area (TPSA) is 60.1 Å². The number of hydrogen-bond donors (Lipinski definition) is 1. The van der Waals surface area contributed by atoms with E-state index in [0.717, 1.165) is 28.5 Å². The molecule has 0 aliphatic heterocycles. The Hall–Kier alpha value is -2.04. The first kappa shape index (κ1) is 15.4. The van der Waals surface area contributed by atoms with Crippen molar-refractivity contribution in [3.8, 4) is 0 Å². The van der Waals surface area contributed by atoms with E-state index in [1.165, 1.54) is 0 Å². The smallest absolute Gasteiger partial charge is 0.220 e. The molecular weight excluding hydrogens is 266 g/mol. The van der Waals surface area contributed by atoms with Gasteiger partial charge in [0.25, 0.3) is 0 Å². The van der Waals surface area contributed by atoms with Gasteiger partial charge in [-0.3, -0.25) is 9.48 Å². The lowest BCUT2D eigenvalue weighted by molar-refractivity contribution is -0.121. The quantitative estimate of drug-likeness (QED) is 0.920. The number of aryl methyl sites for hydroxylation is 3. The van der Waals surface area contributed by atoms with Crippen molar-refractivity contribution in [3.05, 3.63) is 40.6 Å². The average Bonchev–Trinajstić information content (AvgIpc) is 2.94. The van der Waals surface area contributed by atoms with Crippen molar-refractivity contribution >= 4 is 5.91 Å². The molecule has 0 aliphatic rings. The number of carbonyl (C=O) groups is 1. The zero-order chi connectivity index (χ0) is 15.6. The highest BCUT2D eigenvalue weighted by Gasteiger charge is 2.15. The molecule has 114 valence electrons. The molecule has 0 saturated heterocycles. The first-order chi connectivity index (χ1) is 9.88. The van der Waals surface area contributed by atoms with Crippen LogP contribution >= 0.6 is 0 Å². The van der Waals surface area contributed by atoms with Gasteiger partial charge in [0.15, 0.2) is 0 Å². The van der Waals surface area contributed by atoms with Crippen molar-refractivity contribution in [2.75, 3.05) is 0 Å². The Labute approximate surface area is 125 Å². The van der Waals surface area contributed by atoms with Crippen LogP contribution in [0, 0.1) is 20.8 Å². The van der Waals surface area contributed by atoms with Gasteiger partial charge in [0, 0.05) is 19.2 Å². The van der Waals surface area contributed by atoms with Crippen molar-refractivity contribution in [2.24, 2.45) is 7.05 Å². The van der Waals surface area contributed by atoms with Gasteiger partial charge in [0.1, 0.15) is 11.5 Å². The molecule has 21 heavy (non-hydrogen) atoms. The summed E-state index contributed by atoms with van der Waals surface area (Å²) in [4.78, 5) is 12.1. The van der Waals surface area contributed by atoms with E-state index in [1.54, 1.807) is 0 Å². The molecule has 0 bridgehead atoms. The lowest BCUT2D eigenvalue weighted by Gasteiger charge is -2.11. The molecule has 5 heteroatoms. The zero-order valence-corrected chi connectivity index (χ0v) is 13.4. The van der Waals surface area contributed by atoms with Gasteiger partial charge in [-0.15, -0.1) is 0 Å². The van der Waals surface area contributed by atoms with E-state index in [0.29, 0.717) is 12.8 Å². The van der Waals surface area contributed by atoms with Crippen molar-refractivity contribution in [1.29, 1.82) is 0 Å². The second-order valence-electron chi connectivity index (χ2n) is 5.51. The highest BCUT2D eigenvalue weighted by atomic mass is 16.3. The summed E-state index contributed by atoms with van der Waals surface area (Å²) >= 11 is 0. The lowest BCUT2D eigenvalue weighted by Crippen LogP contribution is -2.26. The van der Waals surface area contributed by atoms with Crippen LogP contribution in [0.2, 0.25) is 0 Å². The van der Waals surface area contributed by atoms with Gasteiger partial charge >= 0.3 is 0 Å². The SMILES string of the molecule is Cc1ccc(C(C)NC(=O)CCc2c(C)nn(C)c2C)o1. The summed E-state index contributed by atoms with van der Waals surface area (Å²) in [5, 5.41) is 7.34. The summed E-state index contributed by atoms with van der Waals surface area (Å²) in [5.41, 5.74) is 3.28. The van der Waals surface area contributed by atoms with Gasteiger partial charge in [0.2, 0.25) is 5.91 Å². The van der Waals surface area contributed by atoms with E-state index in [1.807, 2.05) is 51.6 Å². The van der Waals surface area contributed by atoms with Crippen LogP contribution in [0.5, 0.6) is 0 Å². The molecular formula is C16H23N3O2. The minimum atomic E-state index is -0.109. The summed E-state index contributed by atoms with van der Waals surface area (Å²) in [6.07, 6.45) is 1.17. The van der Waals surface area contributed by atoms with E-state index in [9.17, 15) is 4.79 Å². The number of rotatable bonds is 5. The predicted molar refractivity (Wildman–Crippen MR) is 81.0 cm³/mol. The second kappa shape index (κ2) is 6.16. The number of carbonyl (C=O) groups excluding carboxylic acids is 1. The van der Waals surface area contributed by atoms with Gasteiger partial charge in [-0.2, -0.15) is 5.10 Å². The predicted octanol–water partition coefficient (Wildman–Crippen LogP) is 2.75. The molecule has 2 aromatic heterocycles. The number of furan rings is 1. The molecule has 0 aliphatic carbocycles. The Bertz CT molecular complexity index is 640. The molecule has 2 heterocycles. The van der Waals surface area contributed by atoms with Crippen LogP contribution in [-0.4, -0.2) is 15.7 Å². The fraction of sp³-hybridized carbons (Fsp3) is 0.500. The molecule has 0 saturated carbocycles. The van der Waals surface area contributed by atoms with Crippen molar-refractivity contribution < 1.29 is 9.21 Å². The van der Waals surface area contributed by atoms with E-state index in [-0.39, 0.29) is 11.9 Å². The molecule has 1 unspecified atom stereocenters. The van der Waals surface area contributed by atoms with Crippen molar-refractivity contribution in [3.63, 3.8) is 0 Å². The van der Waals surface area contributed by atoms with Crippen LogP contribution in [0.4, 0.5) is 0 Å². The minimum Gasteiger partial charge on any atom is -0.464 e. The molecule has 1 N–H and O–H groups in total. The maximum Gasteiger partial charge on any atom is 0.220 e. The summed E-state index contributed by atoms with van der Waals surface area (Å²) in [7, 11) is 1.92. The zero-order valence-electron chi connectivity index (χ0n) is 13.4. The third kappa shape index (κ3) is 3.54. The maximum atomic E-state index is 12.1. The fourth-order valence-corrected chi connectivity index (χ4v) is 2.49. The molecule has 0 fully saturated rings. The van der Waals surface area contributed by atoms with Crippen LogP contribution in [0.3, 0.4) is 0 Å². The van der Waals surface area contributed by atoms with E-state index < -0.39 is 0 Å². The van der Waals surface area contributed by atoms with Gasteiger partial charge in [-0.1, -0.05) is 0 Å². The number of amides is 1. The Kier molecular flexibility index (Phi) is 4.50. The van der Waals surface area contributed by atoms with Crippen LogP contribution in [0.15, 0.2) is 16.5 Å². The number of aromatic nitrogens is 2. The molecule has 2 rings (SSSR count). The Morgan fingerprint density at radius 1 is 1.38 bits per heavy atom. The van der Waals surface area contributed by atoms with Gasteiger partial charge in [-0.25, -0.2) is 0 Å². The third-order valence-electron chi connectivity index (χ3n) is 3.83. The van der Waals surface area contributed by atoms with Gasteiger partial charge in [-0.05, 0) is 51.8 Å². The monoisotopic (exact) mass is 289 g/mol. The molecule has 5 nitrogen and oxygen atoms in total. The first-order valence-electron chi connectivity index (χ1n) is 7.23. The number of hydrogen-bond acceptors (Lipinski definition) is 3. The van der Waals surface area contributed by atoms with Crippen LogP contribution in [0.25, 0.3) is 0 Å². The fourth-order valence-electron chi connectivity index (χ4n) is 2.49. The number of nitrogens with one attached hydrogen (secondary N) is 1. The van der Waals surface area contributed by atoms with Crippen LogP contribution < -0.4 is 5.32 Å². The molecule has 0 aromatic carbocycles. The van der Waals surface area contributed by atoms with Crippen LogP contribution in [0.1, 0.15) is 47.9 Å². The molecule has 1 amide bonds. The summed E-state index contributed by atoms with van der Waals surface area (Å²) in [6.45, 7) is 7.83. The molecule has 2 aromatic rings.